The number of carbonyl (C=O) groups is 2. The second-order valence-electron chi connectivity index (χ2n) is 8.51. The minimum atomic E-state index is -0.311. The van der Waals surface area contributed by atoms with Gasteiger partial charge in [0.2, 0.25) is 5.91 Å². The largest absolute Gasteiger partial charge is 0.492 e. The zero-order chi connectivity index (χ0) is 23.8. The minimum absolute atomic E-state index is 0.120. The van der Waals surface area contributed by atoms with Crippen LogP contribution in [0.3, 0.4) is 0 Å². The quantitative estimate of drug-likeness (QED) is 0.408. The van der Waals surface area contributed by atoms with Gasteiger partial charge in [0.05, 0.1) is 18.2 Å². The summed E-state index contributed by atoms with van der Waals surface area (Å²) in [7, 11) is 0. The van der Waals surface area contributed by atoms with Crippen molar-refractivity contribution in [2.75, 3.05) is 17.2 Å². The number of carbonyl (C=O) groups excluding carboxylic acids is 2. The Morgan fingerprint density at radius 1 is 0.879 bits per heavy atom. The smallest absolute Gasteiger partial charge is 0.255 e. The Kier molecular flexibility index (Phi) is 8.25. The molecule has 0 aliphatic rings. The Morgan fingerprint density at radius 2 is 1.61 bits per heavy atom. The first-order valence-electron chi connectivity index (χ1n) is 11.4. The summed E-state index contributed by atoms with van der Waals surface area (Å²) in [6.45, 7) is 8.67. The van der Waals surface area contributed by atoms with E-state index in [0.29, 0.717) is 35.2 Å². The molecule has 33 heavy (non-hydrogen) atoms. The van der Waals surface area contributed by atoms with Gasteiger partial charge in [-0.3, -0.25) is 9.59 Å². The standard InChI is InChI=1S/C28H32N2O3/c1-5-33-26-12-7-6-11-25(26)30-28(32)23-9-8-10-24(18-23)29-27(31)20(4)22-15-13-21(14-16-22)17-19(2)3/h6-16,18-20H,5,17H2,1-4H3,(H,29,31)(H,30,32). The van der Waals surface area contributed by atoms with E-state index in [0.717, 1.165) is 12.0 Å². The van der Waals surface area contributed by atoms with Crippen LogP contribution in [-0.4, -0.2) is 18.4 Å². The van der Waals surface area contributed by atoms with Crippen molar-refractivity contribution in [1.29, 1.82) is 0 Å². The lowest BCUT2D eigenvalue weighted by Gasteiger charge is -2.15. The Morgan fingerprint density at radius 3 is 2.30 bits per heavy atom. The molecule has 2 amide bonds. The van der Waals surface area contributed by atoms with Gasteiger partial charge in [-0.05, 0) is 67.6 Å². The van der Waals surface area contributed by atoms with Gasteiger partial charge in [0.15, 0.2) is 0 Å². The molecule has 5 heteroatoms. The third-order valence-electron chi connectivity index (χ3n) is 5.34. The van der Waals surface area contributed by atoms with E-state index in [-0.39, 0.29) is 17.7 Å². The molecule has 0 saturated heterocycles. The summed E-state index contributed by atoms with van der Waals surface area (Å²) in [4.78, 5) is 25.6. The van der Waals surface area contributed by atoms with Gasteiger partial charge in [-0.1, -0.05) is 56.3 Å². The third-order valence-corrected chi connectivity index (χ3v) is 5.34. The normalized spacial score (nSPS) is 11.7. The van der Waals surface area contributed by atoms with Crippen LogP contribution in [0.5, 0.6) is 5.75 Å². The second-order valence-corrected chi connectivity index (χ2v) is 8.51. The maximum absolute atomic E-state index is 12.8. The highest BCUT2D eigenvalue weighted by Crippen LogP contribution is 2.25. The average Bonchev–Trinajstić information content (AvgIpc) is 2.80. The van der Waals surface area contributed by atoms with Crippen molar-refractivity contribution >= 4 is 23.2 Å². The van der Waals surface area contributed by atoms with E-state index in [1.165, 1.54) is 5.56 Å². The predicted molar refractivity (Wildman–Crippen MR) is 134 cm³/mol. The molecule has 1 atom stereocenters. The zero-order valence-electron chi connectivity index (χ0n) is 19.7. The van der Waals surface area contributed by atoms with Crippen LogP contribution in [0.25, 0.3) is 0 Å². The van der Waals surface area contributed by atoms with Gasteiger partial charge in [-0.25, -0.2) is 0 Å². The molecule has 0 spiro atoms. The van der Waals surface area contributed by atoms with Crippen molar-refractivity contribution in [3.05, 3.63) is 89.5 Å². The highest BCUT2D eigenvalue weighted by molar-refractivity contribution is 6.06. The summed E-state index contributed by atoms with van der Waals surface area (Å²) < 4.78 is 5.57. The molecule has 3 aromatic carbocycles. The van der Waals surface area contributed by atoms with Gasteiger partial charge in [0.1, 0.15) is 5.75 Å². The highest BCUT2D eigenvalue weighted by atomic mass is 16.5. The Balaban J connectivity index is 1.67. The number of nitrogens with one attached hydrogen (secondary N) is 2. The van der Waals surface area contributed by atoms with Crippen molar-refractivity contribution in [3.63, 3.8) is 0 Å². The van der Waals surface area contributed by atoms with Gasteiger partial charge < -0.3 is 15.4 Å². The summed E-state index contributed by atoms with van der Waals surface area (Å²) in [6, 6.07) is 22.4. The van der Waals surface area contributed by atoms with Crippen LogP contribution in [0.15, 0.2) is 72.8 Å². The topological polar surface area (TPSA) is 67.4 Å². The van der Waals surface area contributed by atoms with Crippen molar-refractivity contribution in [2.45, 2.75) is 40.0 Å². The van der Waals surface area contributed by atoms with E-state index in [1.807, 2.05) is 44.2 Å². The number of para-hydroxylation sites is 2. The molecule has 0 bridgehead atoms. The highest BCUT2D eigenvalue weighted by Gasteiger charge is 2.17. The van der Waals surface area contributed by atoms with Crippen molar-refractivity contribution in [2.24, 2.45) is 5.92 Å². The van der Waals surface area contributed by atoms with Crippen LogP contribution < -0.4 is 15.4 Å². The molecule has 0 aliphatic heterocycles. The maximum Gasteiger partial charge on any atom is 0.255 e. The third kappa shape index (κ3) is 6.69. The van der Waals surface area contributed by atoms with E-state index in [2.05, 4.69) is 36.6 Å². The Hall–Kier alpha value is -3.60. The molecule has 5 nitrogen and oxygen atoms in total. The first-order valence-corrected chi connectivity index (χ1v) is 11.4. The summed E-state index contributed by atoms with van der Waals surface area (Å²) in [5, 5.41) is 5.82. The Labute approximate surface area is 196 Å². The first kappa shape index (κ1) is 24.1. The van der Waals surface area contributed by atoms with E-state index in [1.54, 1.807) is 30.3 Å². The lowest BCUT2D eigenvalue weighted by atomic mass is 9.96. The average molecular weight is 445 g/mol. The number of rotatable bonds is 9. The van der Waals surface area contributed by atoms with Crippen LogP contribution in [0.1, 0.15) is 55.1 Å². The van der Waals surface area contributed by atoms with E-state index >= 15 is 0 Å². The molecule has 0 aliphatic carbocycles. The molecule has 0 radical (unpaired) electrons. The number of hydrogen-bond donors (Lipinski definition) is 2. The number of benzene rings is 3. The number of ether oxygens (including phenoxy) is 1. The fourth-order valence-electron chi connectivity index (χ4n) is 3.60. The fraction of sp³-hybridized carbons (Fsp3) is 0.286. The minimum Gasteiger partial charge on any atom is -0.492 e. The Bertz CT molecular complexity index is 1090. The molecule has 1 unspecified atom stereocenters. The first-order chi connectivity index (χ1) is 15.9. The van der Waals surface area contributed by atoms with Crippen LogP contribution in [0, 0.1) is 5.92 Å². The molecule has 0 aromatic heterocycles. The SMILES string of the molecule is CCOc1ccccc1NC(=O)c1cccc(NC(=O)C(C)c2ccc(CC(C)C)cc2)c1. The lowest BCUT2D eigenvalue weighted by Crippen LogP contribution is -2.19. The molecular formula is C28H32N2O3. The van der Waals surface area contributed by atoms with E-state index in [4.69, 9.17) is 4.74 Å². The molecule has 0 fully saturated rings. The molecule has 3 rings (SSSR count). The van der Waals surface area contributed by atoms with Crippen molar-refractivity contribution < 1.29 is 14.3 Å². The van der Waals surface area contributed by atoms with E-state index in [9.17, 15) is 9.59 Å². The van der Waals surface area contributed by atoms with E-state index < -0.39 is 0 Å². The summed E-state index contributed by atoms with van der Waals surface area (Å²) in [5.41, 5.74) is 3.86. The van der Waals surface area contributed by atoms with Gasteiger partial charge >= 0.3 is 0 Å². The molecular weight excluding hydrogens is 412 g/mol. The zero-order valence-corrected chi connectivity index (χ0v) is 19.7. The fourth-order valence-corrected chi connectivity index (χ4v) is 3.60. The van der Waals surface area contributed by atoms with Crippen LogP contribution in [-0.2, 0) is 11.2 Å². The summed E-state index contributed by atoms with van der Waals surface area (Å²) >= 11 is 0. The predicted octanol–water partition coefficient (Wildman–Crippen LogP) is 6.28. The number of anilines is 2. The number of hydrogen-bond acceptors (Lipinski definition) is 3. The van der Waals surface area contributed by atoms with Crippen LogP contribution in [0.4, 0.5) is 11.4 Å². The van der Waals surface area contributed by atoms with Crippen LogP contribution in [0.2, 0.25) is 0 Å². The molecule has 3 aromatic rings. The maximum atomic E-state index is 12.8. The molecule has 172 valence electrons. The summed E-state index contributed by atoms with van der Waals surface area (Å²) in [5.74, 6) is 0.506. The lowest BCUT2D eigenvalue weighted by molar-refractivity contribution is -0.117. The van der Waals surface area contributed by atoms with Crippen LogP contribution >= 0.6 is 0 Å². The van der Waals surface area contributed by atoms with Gasteiger partial charge in [0, 0.05) is 11.3 Å². The van der Waals surface area contributed by atoms with Crippen molar-refractivity contribution in [1.82, 2.24) is 0 Å². The van der Waals surface area contributed by atoms with Gasteiger partial charge in [0.25, 0.3) is 5.91 Å². The second kappa shape index (κ2) is 11.3. The van der Waals surface area contributed by atoms with Crippen molar-refractivity contribution in [3.8, 4) is 5.75 Å². The molecule has 2 N–H and O–H groups in total. The van der Waals surface area contributed by atoms with Gasteiger partial charge in [-0.2, -0.15) is 0 Å². The van der Waals surface area contributed by atoms with Gasteiger partial charge in [-0.15, -0.1) is 0 Å². The monoisotopic (exact) mass is 444 g/mol. The molecule has 0 saturated carbocycles. The summed E-state index contributed by atoms with van der Waals surface area (Å²) in [6.07, 6.45) is 1.02. The number of amides is 2. The molecule has 0 heterocycles.